The van der Waals surface area contributed by atoms with Crippen LogP contribution < -0.4 is 10.6 Å². The second-order valence-electron chi connectivity index (χ2n) is 3.47. The van der Waals surface area contributed by atoms with Crippen LogP contribution in [0.25, 0.3) is 0 Å². The lowest BCUT2D eigenvalue weighted by molar-refractivity contribution is -0.122. The lowest BCUT2D eigenvalue weighted by Crippen LogP contribution is -2.41. The van der Waals surface area contributed by atoms with Gasteiger partial charge in [-0.05, 0) is 19.9 Å². The van der Waals surface area contributed by atoms with Crippen LogP contribution in [-0.4, -0.2) is 18.5 Å². The molecule has 0 spiro atoms. The Hall–Kier alpha value is -1.51. The Morgan fingerprint density at radius 1 is 1.47 bits per heavy atom. The first-order valence-electron chi connectivity index (χ1n) is 5.30. The summed E-state index contributed by atoms with van der Waals surface area (Å²) in [6.07, 6.45) is 10.9. The van der Waals surface area contributed by atoms with E-state index in [-0.39, 0.29) is 11.9 Å². The predicted molar refractivity (Wildman–Crippen MR) is 62.3 cm³/mol. The third-order valence-corrected chi connectivity index (χ3v) is 2.14. The van der Waals surface area contributed by atoms with Crippen molar-refractivity contribution in [3.8, 4) is 0 Å². The molecule has 0 radical (unpaired) electrons. The molecule has 0 unspecified atom stereocenters. The van der Waals surface area contributed by atoms with Crippen LogP contribution in [0.2, 0.25) is 0 Å². The van der Waals surface area contributed by atoms with Gasteiger partial charge >= 0.3 is 0 Å². The molecule has 1 atom stereocenters. The van der Waals surface area contributed by atoms with Crippen molar-refractivity contribution in [3.63, 3.8) is 0 Å². The van der Waals surface area contributed by atoms with Gasteiger partial charge in [-0.15, -0.1) is 0 Å². The summed E-state index contributed by atoms with van der Waals surface area (Å²) in [6, 6.07) is -0.184. The summed E-state index contributed by atoms with van der Waals surface area (Å²) in [6.45, 7) is 4.45. The summed E-state index contributed by atoms with van der Waals surface area (Å²) >= 11 is 0. The Morgan fingerprint density at radius 3 is 3.00 bits per heavy atom. The molecule has 0 saturated carbocycles. The van der Waals surface area contributed by atoms with Crippen LogP contribution in [0.4, 0.5) is 0 Å². The highest BCUT2D eigenvalue weighted by Gasteiger charge is 2.11. The first-order chi connectivity index (χ1) is 7.24. The van der Waals surface area contributed by atoms with Crippen molar-refractivity contribution in [2.75, 3.05) is 6.54 Å². The van der Waals surface area contributed by atoms with Crippen molar-refractivity contribution in [3.05, 3.63) is 36.1 Å². The molecule has 0 aromatic rings. The van der Waals surface area contributed by atoms with Crippen LogP contribution >= 0.6 is 0 Å². The number of allylic oxidation sites excluding steroid dienone is 5. The van der Waals surface area contributed by atoms with Crippen LogP contribution in [0.15, 0.2) is 36.1 Å². The van der Waals surface area contributed by atoms with Gasteiger partial charge in [-0.2, -0.15) is 0 Å². The molecule has 0 aliphatic heterocycles. The number of likely N-dealkylation sites (N-methyl/N-ethyl adjacent to an activating group) is 1. The Morgan fingerprint density at radius 2 is 2.27 bits per heavy atom. The molecule has 1 aliphatic carbocycles. The third-order valence-electron chi connectivity index (χ3n) is 2.14. The number of carbonyl (C=O) groups excluding carboxylic acids is 1. The van der Waals surface area contributed by atoms with E-state index in [4.69, 9.17) is 0 Å². The Kier molecular flexibility index (Phi) is 4.68. The van der Waals surface area contributed by atoms with Gasteiger partial charge in [0.15, 0.2) is 0 Å². The van der Waals surface area contributed by atoms with E-state index in [0.29, 0.717) is 6.54 Å². The van der Waals surface area contributed by atoms with Crippen LogP contribution in [-0.2, 0) is 4.79 Å². The zero-order valence-corrected chi connectivity index (χ0v) is 9.29. The fourth-order valence-corrected chi connectivity index (χ4v) is 1.36. The normalized spacial score (nSPS) is 16.5. The minimum Gasteiger partial charge on any atom is -0.377 e. The first kappa shape index (κ1) is 11.6. The van der Waals surface area contributed by atoms with E-state index in [0.717, 1.165) is 12.1 Å². The summed E-state index contributed by atoms with van der Waals surface area (Å²) in [5, 5.41) is 5.98. The number of rotatable bonds is 4. The van der Waals surface area contributed by atoms with Gasteiger partial charge < -0.3 is 10.6 Å². The minimum absolute atomic E-state index is 0.0376. The summed E-state index contributed by atoms with van der Waals surface area (Å²) < 4.78 is 0. The number of carbonyl (C=O) groups is 1. The lowest BCUT2D eigenvalue weighted by Gasteiger charge is -2.16. The highest BCUT2D eigenvalue weighted by atomic mass is 16.2. The fourth-order valence-electron chi connectivity index (χ4n) is 1.36. The van der Waals surface area contributed by atoms with Gasteiger partial charge in [0.25, 0.3) is 0 Å². The van der Waals surface area contributed by atoms with Gasteiger partial charge in [-0.25, -0.2) is 0 Å². The summed E-state index contributed by atoms with van der Waals surface area (Å²) in [4.78, 5) is 11.5. The van der Waals surface area contributed by atoms with E-state index in [9.17, 15) is 4.79 Å². The summed E-state index contributed by atoms with van der Waals surface area (Å²) in [5.41, 5.74) is 1.07. The van der Waals surface area contributed by atoms with Gasteiger partial charge in [-0.3, -0.25) is 4.79 Å². The number of hydrogen-bond acceptors (Lipinski definition) is 2. The average Bonchev–Trinajstić information content (AvgIpc) is 2.46. The molecule has 3 heteroatoms. The highest BCUT2D eigenvalue weighted by molar-refractivity contribution is 5.81. The topological polar surface area (TPSA) is 41.1 Å². The molecule has 0 saturated heterocycles. The molecule has 0 fully saturated rings. The van der Waals surface area contributed by atoms with E-state index in [2.05, 4.69) is 16.7 Å². The van der Waals surface area contributed by atoms with Crippen LogP contribution in [0, 0.1) is 0 Å². The van der Waals surface area contributed by atoms with Crippen molar-refractivity contribution >= 4 is 5.91 Å². The largest absolute Gasteiger partial charge is 0.377 e. The van der Waals surface area contributed by atoms with Crippen molar-refractivity contribution in [1.29, 1.82) is 0 Å². The molecule has 1 aliphatic rings. The van der Waals surface area contributed by atoms with Crippen molar-refractivity contribution in [1.82, 2.24) is 10.6 Å². The van der Waals surface area contributed by atoms with Crippen molar-refractivity contribution < 1.29 is 4.79 Å². The van der Waals surface area contributed by atoms with Gasteiger partial charge in [0.05, 0.1) is 0 Å². The molecule has 0 aromatic carbocycles. The highest BCUT2D eigenvalue weighted by Crippen LogP contribution is 2.04. The van der Waals surface area contributed by atoms with Crippen LogP contribution in [0.5, 0.6) is 0 Å². The molecule has 0 heterocycles. The molecule has 0 bridgehead atoms. The molecular formula is C12H18N2O. The van der Waals surface area contributed by atoms with E-state index in [1.54, 1.807) is 0 Å². The summed E-state index contributed by atoms with van der Waals surface area (Å²) in [5.74, 6) is 0.0376. The van der Waals surface area contributed by atoms with Crippen LogP contribution in [0.1, 0.15) is 20.3 Å². The van der Waals surface area contributed by atoms with Gasteiger partial charge in [0.2, 0.25) is 5.91 Å². The number of hydrogen-bond donors (Lipinski definition) is 2. The quantitative estimate of drug-likeness (QED) is 0.732. The van der Waals surface area contributed by atoms with Gasteiger partial charge in [-0.1, -0.05) is 24.3 Å². The Balaban J connectivity index is 2.47. The molecule has 2 N–H and O–H groups in total. The van der Waals surface area contributed by atoms with Crippen molar-refractivity contribution in [2.24, 2.45) is 0 Å². The zero-order chi connectivity index (χ0) is 11.1. The summed E-state index contributed by atoms with van der Waals surface area (Å²) in [7, 11) is 0. The number of amides is 1. The molecule has 1 rings (SSSR count). The second kappa shape index (κ2) is 6.06. The molecular weight excluding hydrogens is 188 g/mol. The molecule has 0 aromatic heterocycles. The minimum atomic E-state index is -0.184. The van der Waals surface area contributed by atoms with Crippen molar-refractivity contribution in [2.45, 2.75) is 26.3 Å². The van der Waals surface area contributed by atoms with E-state index in [1.807, 2.05) is 38.2 Å². The lowest BCUT2D eigenvalue weighted by atomic mass is 10.2. The monoisotopic (exact) mass is 206 g/mol. The van der Waals surface area contributed by atoms with Gasteiger partial charge in [0.1, 0.15) is 6.04 Å². The molecule has 15 heavy (non-hydrogen) atoms. The molecule has 3 nitrogen and oxygen atoms in total. The maximum Gasteiger partial charge on any atom is 0.242 e. The average molecular weight is 206 g/mol. The molecule has 82 valence electrons. The van der Waals surface area contributed by atoms with E-state index >= 15 is 0 Å². The first-order valence-corrected chi connectivity index (χ1v) is 5.30. The zero-order valence-electron chi connectivity index (χ0n) is 9.29. The fraction of sp³-hybridized carbons (Fsp3) is 0.417. The predicted octanol–water partition coefficient (Wildman–Crippen LogP) is 1.50. The Labute approximate surface area is 90.9 Å². The maximum atomic E-state index is 11.5. The smallest absolute Gasteiger partial charge is 0.242 e. The Bertz CT molecular complexity index is 303. The number of nitrogens with one attached hydrogen (secondary N) is 2. The SMILES string of the molecule is CCNC(=O)[C@@H](C)NC1=CC=CC=CC1. The van der Waals surface area contributed by atoms with Crippen LogP contribution in [0.3, 0.4) is 0 Å². The third kappa shape index (κ3) is 4.02. The standard InChI is InChI=1S/C12H18N2O/c1-3-13-12(15)10(2)14-11-8-6-4-5-7-9-11/h4-8,10,14H,3,9H2,1-2H3,(H,13,15)/t10-/m1/s1. The van der Waals surface area contributed by atoms with E-state index < -0.39 is 0 Å². The maximum absolute atomic E-state index is 11.5. The van der Waals surface area contributed by atoms with E-state index in [1.165, 1.54) is 0 Å². The van der Waals surface area contributed by atoms with Gasteiger partial charge in [0, 0.05) is 18.7 Å². The second-order valence-corrected chi connectivity index (χ2v) is 3.47. The molecule has 1 amide bonds.